The molecule has 7 heteroatoms. The quantitative estimate of drug-likeness (QED) is 0.850. The van der Waals surface area contributed by atoms with E-state index in [9.17, 15) is 18.4 Å². The largest absolute Gasteiger partial charge is 0.478 e. The Balaban J connectivity index is 2.44. The number of hydrogen-bond donors (Lipinski definition) is 1. The van der Waals surface area contributed by atoms with Crippen LogP contribution in [-0.2, 0) is 4.79 Å². The summed E-state index contributed by atoms with van der Waals surface area (Å²) < 4.78 is 27.2. The lowest BCUT2D eigenvalue weighted by Crippen LogP contribution is -2.26. The first-order valence-corrected chi connectivity index (χ1v) is 5.98. The number of aromatic carboxylic acids is 1. The van der Waals surface area contributed by atoms with E-state index in [1.54, 1.807) is 0 Å². The van der Waals surface area contributed by atoms with Crippen LogP contribution in [0.4, 0.5) is 14.5 Å². The maximum absolute atomic E-state index is 13.7. The van der Waals surface area contributed by atoms with Crippen molar-refractivity contribution >= 4 is 33.5 Å². The first-order chi connectivity index (χ1) is 8.40. The van der Waals surface area contributed by atoms with Crippen molar-refractivity contribution in [1.29, 1.82) is 0 Å². The highest BCUT2D eigenvalue weighted by atomic mass is 79.9. The molecule has 0 spiro atoms. The number of carboxylic acid groups (broad SMARTS) is 1. The molecule has 1 aromatic carbocycles. The third-order valence-corrected chi connectivity index (χ3v) is 3.25. The summed E-state index contributed by atoms with van der Waals surface area (Å²) in [6, 6.07) is 1.32. The highest BCUT2D eigenvalue weighted by Crippen LogP contribution is 2.29. The second kappa shape index (κ2) is 4.64. The second-order valence-corrected chi connectivity index (χ2v) is 5.19. The number of rotatable bonds is 2. The number of halogens is 3. The van der Waals surface area contributed by atoms with Crippen LogP contribution in [0.2, 0.25) is 0 Å². The van der Waals surface area contributed by atoms with Crippen molar-refractivity contribution in [3.63, 3.8) is 0 Å². The van der Waals surface area contributed by atoms with Gasteiger partial charge in [-0.25, -0.2) is 13.6 Å². The van der Waals surface area contributed by atoms with Crippen molar-refractivity contribution in [2.24, 2.45) is 0 Å². The molecule has 1 atom stereocenters. The predicted octanol–water partition coefficient (Wildman–Crippen LogP) is 2.16. The van der Waals surface area contributed by atoms with Gasteiger partial charge in [-0.1, -0.05) is 15.9 Å². The van der Waals surface area contributed by atoms with Gasteiger partial charge in [-0.3, -0.25) is 4.79 Å². The summed E-state index contributed by atoms with van der Waals surface area (Å²) >= 11 is 3.22. The van der Waals surface area contributed by atoms with E-state index in [4.69, 9.17) is 5.11 Å². The number of nitrogens with zero attached hydrogens (tertiary/aromatic N) is 1. The number of amides is 1. The Morgan fingerprint density at radius 2 is 2.06 bits per heavy atom. The zero-order chi connectivity index (χ0) is 13.4. The standard InChI is InChI=1S/C11H8BrF2NO3/c12-5-1-10(16)15(4-5)9-3-7(13)6(11(17)18)2-8(9)14/h2-3,5H,1,4H2,(H,17,18). The van der Waals surface area contributed by atoms with Gasteiger partial charge in [0, 0.05) is 23.9 Å². The molecule has 2 rings (SSSR count). The first kappa shape index (κ1) is 12.9. The molecule has 0 aromatic heterocycles. The van der Waals surface area contributed by atoms with Gasteiger partial charge in [0.25, 0.3) is 0 Å². The zero-order valence-corrected chi connectivity index (χ0v) is 10.6. The summed E-state index contributed by atoms with van der Waals surface area (Å²) in [5, 5.41) is 8.65. The lowest BCUT2D eigenvalue weighted by Gasteiger charge is -2.17. The van der Waals surface area contributed by atoms with E-state index in [1.165, 1.54) is 0 Å². The minimum atomic E-state index is -1.55. The van der Waals surface area contributed by atoms with Crippen LogP contribution in [0.3, 0.4) is 0 Å². The van der Waals surface area contributed by atoms with Gasteiger partial charge in [-0.15, -0.1) is 0 Å². The van der Waals surface area contributed by atoms with Gasteiger partial charge in [0.2, 0.25) is 5.91 Å². The monoisotopic (exact) mass is 319 g/mol. The molecule has 1 aromatic rings. The van der Waals surface area contributed by atoms with Gasteiger partial charge in [-0.05, 0) is 6.07 Å². The van der Waals surface area contributed by atoms with Crippen molar-refractivity contribution in [2.75, 3.05) is 11.4 Å². The molecule has 0 bridgehead atoms. The number of carbonyl (C=O) groups excluding carboxylic acids is 1. The molecule has 96 valence electrons. The average molecular weight is 320 g/mol. The number of benzene rings is 1. The van der Waals surface area contributed by atoms with Crippen LogP contribution in [-0.4, -0.2) is 28.4 Å². The minimum absolute atomic E-state index is 0.119. The van der Waals surface area contributed by atoms with Gasteiger partial charge in [-0.2, -0.15) is 0 Å². The van der Waals surface area contributed by atoms with Gasteiger partial charge in [0.15, 0.2) is 0 Å². The molecule has 18 heavy (non-hydrogen) atoms. The van der Waals surface area contributed by atoms with Gasteiger partial charge in [0.1, 0.15) is 11.6 Å². The van der Waals surface area contributed by atoms with E-state index in [-0.39, 0.29) is 29.4 Å². The maximum Gasteiger partial charge on any atom is 0.338 e. The first-order valence-electron chi connectivity index (χ1n) is 5.07. The molecule has 1 saturated heterocycles. The lowest BCUT2D eigenvalue weighted by atomic mass is 10.1. The third-order valence-electron chi connectivity index (χ3n) is 2.64. The smallest absolute Gasteiger partial charge is 0.338 e. The van der Waals surface area contributed by atoms with E-state index >= 15 is 0 Å². The fraction of sp³-hybridized carbons (Fsp3) is 0.273. The summed E-state index contributed by atoms with van der Waals surface area (Å²) in [4.78, 5) is 23.2. The Kier molecular flexibility index (Phi) is 3.34. The molecular weight excluding hydrogens is 312 g/mol. The second-order valence-electron chi connectivity index (χ2n) is 3.89. The van der Waals surface area contributed by atoms with Crippen LogP contribution in [0, 0.1) is 11.6 Å². The molecular formula is C11H8BrF2NO3. The molecule has 0 radical (unpaired) electrons. The van der Waals surface area contributed by atoms with Crippen molar-refractivity contribution < 1.29 is 23.5 Å². The molecule has 1 heterocycles. The highest BCUT2D eigenvalue weighted by Gasteiger charge is 2.31. The molecule has 0 saturated carbocycles. The van der Waals surface area contributed by atoms with Crippen LogP contribution in [0.1, 0.15) is 16.8 Å². The topological polar surface area (TPSA) is 57.6 Å². The third kappa shape index (κ3) is 2.22. The normalized spacial score (nSPS) is 19.4. The van der Waals surface area contributed by atoms with Gasteiger partial charge >= 0.3 is 5.97 Å². The lowest BCUT2D eigenvalue weighted by molar-refractivity contribution is -0.117. The van der Waals surface area contributed by atoms with Crippen LogP contribution in [0.25, 0.3) is 0 Å². The minimum Gasteiger partial charge on any atom is -0.478 e. The predicted molar refractivity (Wildman–Crippen MR) is 63.0 cm³/mol. The van der Waals surface area contributed by atoms with E-state index in [2.05, 4.69) is 15.9 Å². The summed E-state index contributed by atoms with van der Waals surface area (Å²) in [6.07, 6.45) is 0.196. The van der Waals surface area contributed by atoms with E-state index in [0.29, 0.717) is 6.07 Å². The Morgan fingerprint density at radius 3 is 2.56 bits per heavy atom. The van der Waals surface area contributed by atoms with Crippen LogP contribution < -0.4 is 4.90 Å². The van der Waals surface area contributed by atoms with E-state index in [1.807, 2.05) is 0 Å². The fourth-order valence-electron chi connectivity index (χ4n) is 1.80. The SMILES string of the molecule is O=C(O)c1cc(F)c(N2CC(Br)CC2=O)cc1F. The van der Waals surface area contributed by atoms with Gasteiger partial charge < -0.3 is 10.0 Å². The number of anilines is 1. The summed E-state index contributed by atoms with van der Waals surface area (Å²) in [6.45, 7) is 0.224. The molecule has 0 aliphatic carbocycles. The zero-order valence-electron chi connectivity index (χ0n) is 8.99. The van der Waals surface area contributed by atoms with Crippen molar-refractivity contribution in [3.8, 4) is 0 Å². The highest BCUT2D eigenvalue weighted by molar-refractivity contribution is 9.09. The summed E-state index contributed by atoms with van der Waals surface area (Å²) in [5.74, 6) is -3.88. The van der Waals surface area contributed by atoms with Gasteiger partial charge in [0.05, 0.1) is 11.3 Å². The average Bonchev–Trinajstić information content (AvgIpc) is 2.60. The molecule has 1 aliphatic heterocycles. The summed E-state index contributed by atoms with van der Waals surface area (Å²) in [5.41, 5.74) is -0.984. The molecule has 1 unspecified atom stereocenters. The van der Waals surface area contributed by atoms with E-state index in [0.717, 1.165) is 11.0 Å². The van der Waals surface area contributed by atoms with Crippen molar-refractivity contribution in [2.45, 2.75) is 11.2 Å². The van der Waals surface area contributed by atoms with Crippen LogP contribution in [0.15, 0.2) is 12.1 Å². The number of carbonyl (C=O) groups is 2. The van der Waals surface area contributed by atoms with Crippen molar-refractivity contribution in [1.82, 2.24) is 0 Å². The Hall–Kier alpha value is -1.50. The number of alkyl halides is 1. The van der Waals surface area contributed by atoms with Crippen LogP contribution >= 0.6 is 15.9 Å². The molecule has 4 nitrogen and oxygen atoms in total. The molecule has 1 aliphatic rings. The van der Waals surface area contributed by atoms with Crippen molar-refractivity contribution in [3.05, 3.63) is 29.3 Å². The molecule has 1 fully saturated rings. The Labute approximate surface area is 109 Å². The Morgan fingerprint density at radius 1 is 1.39 bits per heavy atom. The van der Waals surface area contributed by atoms with E-state index < -0.39 is 23.2 Å². The summed E-state index contributed by atoms with van der Waals surface area (Å²) in [7, 11) is 0. The number of carboxylic acids is 1. The number of hydrogen-bond acceptors (Lipinski definition) is 2. The Bertz CT molecular complexity index is 535. The van der Waals surface area contributed by atoms with Crippen LogP contribution in [0.5, 0.6) is 0 Å². The molecule has 1 N–H and O–H groups in total. The fourth-order valence-corrected chi connectivity index (χ4v) is 2.37. The molecule has 1 amide bonds. The maximum atomic E-state index is 13.7.